The Morgan fingerprint density at radius 2 is 2.11 bits per heavy atom. The highest BCUT2D eigenvalue weighted by Gasteiger charge is 2.21. The van der Waals surface area contributed by atoms with Gasteiger partial charge in [0.15, 0.2) is 5.78 Å². The zero-order valence-corrected chi connectivity index (χ0v) is 12.7. The molecule has 4 nitrogen and oxygen atoms in total. The Morgan fingerprint density at radius 3 is 2.58 bits per heavy atom. The number of hydrogen-bond donors (Lipinski definition) is 1. The zero-order chi connectivity index (χ0) is 14.5. The van der Waals surface area contributed by atoms with Gasteiger partial charge in [-0.25, -0.2) is 4.79 Å². The Labute approximate surface area is 118 Å². The van der Waals surface area contributed by atoms with Gasteiger partial charge in [-0.1, -0.05) is 13.0 Å². The number of Topliss-reactive ketones (excluding diaryl/α,β-unsaturated/α-hetero) is 1. The van der Waals surface area contributed by atoms with Crippen LogP contribution in [0.1, 0.15) is 50.2 Å². The van der Waals surface area contributed by atoms with Gasteiger partial charge in [0.05, 0.1) is 4.88 Å². The van der Waals surface area contributed by atoms with E-state index in [0.717, 1.165) is 4.88 Å². The van der Waals surface area contributed by atoms with Crippen LogP contribution in [-0.2, 0) is 4.74 Å². The number of ketones is 1. The number of alkyl carbamates (subject to hydrolysis) is 1. The molecular weight excluding hydrogens is 262 g/mol. The molecule has 0 bridgehead atoms. The minimum atomic E-state index is -0.528. The van der Waals surface area contributed by atoms with E-state index in [4.69, 9.17) is 4.74 Å². The highest BCUT2D eigenvalue weighted by Crippen LogP contribution is 2.14. The monoisotopic (exact) mass is 283 g/mol. The van der Waals surface area contributed by atoms with Crippen molar-refractivity contribution in [3.63, 3.8) is 0 Å². The maximum atomic E-state index is 12.0. The van der Waals surface area contributed by atoms with Crippen molar-refractivity contribution in [1.29, 1.82) is 0 Å². The van der Waals surface area contributed by atoms with E-state index in [0.29, 0.717) is 12.8 Å². The quantitative estimate of drug-likeness (QED) is 0.840. The van der Waals surface area contributed by atoms with Crippen molar-refractivity contribution in [2.75, 3.05) is 0 Å². The number of nitrogens with one attached hydrogen (secondary N) is 1. The summed E-state index contributed by atoms with van der Waals surface area (Å²) in [5, 5.41) is 4.61. The van der Waals surface area contributed by atoms with Crippen LogP contribution in [0.2, 0.25) is 0 Å². The predicted molar refractivity (Wildman–Crippen MR) is 76.7 cm³/mol. The van der Waals surface area contributed by atoms with Gasteiger partial charge in [0.2, 0.25) is 0 Å². The first-order valence-electron chi connectivity index (χ1n) is 6.38. The van der Waals surface area contributed by atoms with Gasteiger partial charge < -0.3 is 10.1 Å². The summed E-state index contributed by atoms with van der Waals surface area (Å²) in [5.41, 5.74) is -0.528. The van der Waals surface area contributed by atoms with Crippen molar-refractivity contribution in [2.45, 2.75) is 52.2 Å². The van der Waals surface area contributed by atoms with E-state index >= 15 is 0 Å². The lowest BCUT2D eigenvalue weighted by Gasteiger charge is -2.22. The Hall–Kier alpha value is -1.36. The summed E-state index contributed by atoms with van der Waals surface area (Å²) in [6.45, 7) is 7.36. The van der Waals surface area contributed by atoms with Crippen LogP contribution in [0.25, 0.3) is 0 Å². The highest BCUT2D eigenvalue weighted by molar-refractivity contribution is 7.12. The fourth-order valence-corrected chi connectivity index (χ4v) is 2.21. The van der Waals surface area contributed by atoms with Gasteiger partial charge in [-0.2, -0.15) is 0 Å². The molecule has 1 amide bonds. The van der Waals surface area contributed by atoms with E-state index in [1.54, 1.807) is 6.07 Å². The van der Waals surface area contributed by atoms with Crippen molar-refractivity contribution in [3.05, 3.63) is 22.4 Å². The molecule has 1 aromatic rings. The van der Waals surface area contributed by atoms with E-state index < -0.39 is 11.7 Å². The Morgan fingerprint density at radius 1 is 1.42 bits per heavy atom. The molecule has 1 atom stereocenters. The molecule has 0 aromatic carbocycles. The first-order valence-corrected chi connectivity index (χ1v) is 7.26. The minimum absolute atomic E-state index is 0.0536. The van der Waals surface area contributed by atoms with Crippen LogP contribution in [0.15, 0.2) is 17.5 Å². The third kappa shape index (κ3) is 5.87. The molecule has 1 heterocycles. The minimum Gasteiger partial charge on any atom is -0.444 e. The second-order valence-electron chi connectivity index (χ2n) is 5.36. The third-order valence-corrected chi connectivity index (χ3v) is 3.35. The second-order valence-corrected chi connectivity index (χ2v) is 6.30. The molecule has 1 aromatic heterocycles. The molecule has 0 fully saturated rings. The van der Waals surface area contributed by atoms with E-state index in [1.807, 2.05) is 39.1 Å². The zero-order valence-electron chi connectivity index (χ0n) is 11.9. The molecule has 106 valence electrons. The van der Waals surface area contributed by atoms with E-state index in [-0.39, 0.29) is 11.8 Å². The molecule has 0 spiro atoms. The number of carbonyl (C=O) groups is 2. The lowest BCUT2D eigenvalue weighted by molar-refractivity contribution is 0.0500. The van der Waals surface area contributed by atoms with Gasteiger partial charge >= 0.3 is 6.09 Å². The van der Waals surface area contributed by atoms with Crippen LogP contribution in [0.3, 0.4) is 0 Å². The summed E-state index contributed by atoms with van der Waals surface area (Å²) < 4.78 is 5.18. The maximum absolute atomic E-state index is 12.0. The summed E-state index contributed by atoms with van der Waals surface area (Å²) in [4.78, 5) is 24.3. The molecule has 0 aliphatic heterocycles. The van der Waals surface area contributed by atoms with Gasteiger partial charge in [-0.05, 0) is 38.6 Å². The smallest absolute Gasteiger partial charge is 0.407 e. The van der Waals surface area contributed by atoms with E-state index in [9.17, 15) is 9.59 Å². The van der Waals surface area contributed by atoms with Gasteiger partial charge in [0.25, 0.3) is 0 Å². The van der Waals surface area contributed by atoms with Crippen molar-refractivity contribution in [2.24, 2.45) is 0 Å². The molecule has 0 saturated carbocycles. The standard InChI is InChI=1S/C14H21NO3S/c1-5-10(15-13(17)18-14(2,3)4)9-11(16)12-7-6-8-19-12/h6-8,10H,5,9H2,1-4H3,(H,15,17). The highest BCUT2D eigenvalue weighted by atomic mass is 32.1. The molecule has 19 heavy (non-hydrogen) atoms. The number of ether oxygens (including phenoxy) is 1. The van der Waals surface area contributed by atoms with Crippen LogP contribution >= 0.6 is 11.3 Å². The molecule has 5 heteroatoms. The maximum Gasteiger partial charge on any atom is 0.407 e. The van der Waals surface area contributed by atoms with Crippen molar-refractivity contribution in [1.82, 2.24) is 5.32 Å². The van der Waals surface area contributed by atoms with Crippen LogP contribution in [0, 0.1) is 0 Å². The average Bonchev–Trinajstić information content (AvgIpc) is 2.78. The molecule has 1 rings (SSSR count). The predicted octanol–water partition coefficient (Wildman–Crippen LogP) is 3.62. The van der Waals surface area contributed by atoms with Crippen LogP contribution in [-0.4, -0.2) is 23.5 Å². The fourth-order valence-electron chi connectivity index (χ4n) is 1.53. The largest absolute Gasteiger partial charge is 0.444 e. The Kier molecular flexibility index (Phi) is 5.54. The van der Waals surface area contributed by atoms with Gasteiger partial charge in [0.1, 0.15) is 5.60 Å². The van der Waals surface area contributed by atoms with Crippen molar-refractivity contribution >= 4 is 23.2 Å². The van der Waals surface area contributed by atoms with Crippen LogP contribution < -0.4 is 5.32 Å². The lowest BCUT2D eigenvalue weighted by Crippen LogP contribution is -2.39. The second kappa shape index (κ2) is 6.70. The van der Waals surface area contributed by atoms with Crippen LogP contribution in [0.4, 0.5) is 4.79 Å². The van der Waals surface area contributed by atoms with Crippen LogP contribution in [0.5, 0.6) is 0 Å². The van der Waals surface area contributed by atoms with Gasteiger partial charge in [0, 0.05) is 12.5 Å². The molecule has 0 saturated heterocycles. The summed E-state index contributed by atoms with van der Waals surface area (Å²) in [7, 11) is 0. The number of hydrogen-bond acceptors (Lipinski definition) is 4. The summed E-state index contributed by atoms with van der Waals surface area (Å²) >= 11 is 1.42. The Balaban J connectivity index is 2.50. The van der Waals surface area contributed by atoms with Crippen molar-refractivity contribution < 1.29 is 14.3 Å². The van der Waals surface area contributed by atoms with E-state index in [1.165, 1.54) is 11.3 Å². The third-order valence-electron chi connectivity index (χ3n) is 2.44. The Bertz CT molecular complexity index is 420. The molecule has 0 aliphatic carbocycles. The van der Waals surface area contributed by atoms with E-state index in [2.05, 4.69) is 5.32 Å². The topological polar surface area (TPSA) is 55.4 Å². The normalized spacial score (nSPS) is 12.8. The van der Waals surface area contributed by atoms with Gasteiger partial charge in [-0.15, -0.1) is 11.3 Å². The molecule has 0 radical (unpaired) electrons. The summed E-state index contributed by atoms with van der Waals surface area (Å²) in [5.74, 6) is 0.0536. The first-order chi connectivity index (χ1) is 8.81. The number of carbonyl (C=O) groups excluding carboxylic acids is 2. The first kappa shape index (κ1) is 15.7. The number of amides is 1. The molecule has 1 unspecified atom stereocenters. The summed E-state index contributed by atoms with van der Waals surface area (Å²) in [6.07, 6.45) is 0.519. The fraction of sp³-hybridized carbons (Fsp3) is 0.571. The lowest BCUT2D eigenvalue weighted by atomic mass is 10.1. The molecule has 1 N–H and O–H groups in total. The summed E-state index contributed by atoms with van der Waals surface area (Å²) in [6, 6.07) is 3.46. The molecule has 0 aliphatic rings. The SMILES string of the molecule is CCC(CC(=O)c1cccs1)NC(=O)OC(C)(C)C. The molecular formula is C14H21NO3S. The van der Waals surface area contributed by atoms with Crippen molar-refractivity contribution in [3.8, 4) is 0 Å². The number of rotatable bonds is 5. The van der Waals surface area contributed by atoms with Gasteiger partial charge in [-0.3, -0.25) is 4.79 Å². The number of thiophene rings is 1. The average molecular weight is 283 g/mol.